The highest BCUT2D eigenvalue weighted by Gasteiger charge is 2.39. The number of carbonyl (C=O) groups is 1. The summed E-state index contributed by atoms with van der Waals surface area (Å²) in [4.78, 5) is 18.8. The second-order valence-electron chi connectivity index (χ2n) is 12.4. The molecule has 2 atom stereocenters. The summed E-state index contributed by atoms with van der Waals surface area (Å²) in [5.74, 6) is 1.65. The number of aryl methyl sites for hydroxylation is 2. The number of benzene rings is 2. The van der Waals surface area contributed by atoms with E-state index >= 15 is 0 Å². The third-order valence-corrected chi connectivity index (χ3v) is 9.80. The van der Waals surface area contributed by atoms with Crippen LogP contribution in [-0.2, 0) is 11.3 Å². The first-order valence-corrected chi connectivity index (χ1v) is 15.3. The largest absolute Gasteiger partial charge is 0.394 e. The number of nitrogens with one attached hydrogen (secondary N) is 1. The average molecular weight is 538 g/mol. The van der Waals surface area contributed by atoms with Gasteiger partial charge in [0.25, 0.3) is 0 Å². The van der Waals surface area contributed by atoms with Crippen molar-refractivity contribution < 1.29 is 9.90 Å². The Hall–Kier alpha value is -3.18. The van der Waals surface area contributed by atoms with Gasteiger partial charge in [-0.2, -0.15) is 0 Å². The number of para-hydroxylation sites is 1. The van der Waals surface area contributed by atoms with Gasteiger partial charge in [-0.3, -0.25) is 4.79 Å². The summed E-state index contributed by atoms with van der Waals surface area (Å²) < 4.78 is 2.46. The summed E-state index contributed by atoms with van der Waals surface area (Å²) in [6.45, 7) is 5.19. The zero-order chi connectivity index (χ0) is 27.6. The molecule has 2 aromatic heterocycles. The van der Waals surface area contributed by atoms with Crippen molar-refractivity contribution in [2.45, 2.75) is 77.8 Å². The number of fused-ring (bicyclic) bond motifs is 3. The summed E-state index contributed by atoms with van der Waals surface area (Å²) in [6, 6.07) is 20.5. The van der Waals surface area contributed by atoms with Crippen LogP contribution in [-0.4, -0.2) is 27.2 Å². The zero-order valence-corrected chi connectivity index (χ0v) is 24.0. The second-order valence-corrected chi connectivity index (χ2v) is 12.4. The topological polar surface area (TPSA) is 67.2 Å². The quantitative estimate of drug-likeness (QED) is 0.248. The van der Waals surface area contributed by atoms with E-state index in [1.165, 1.54) is 34.7 Å². The Balaban J connectivity index is 1.19. The van der Waals surface area contributed by atoms with Crippen LogP contribution in [0.1, 0.15) is 74.2 Å². The average Bonchev–Trinajstić information content (AvgIpc) is 3.60. The van der Waals surface area contributed by atoms with E-state index in [2.05, 4.69) is 54.1 Å². The van der Waals surface area contributed by atoms with Crippen molar-refractivity contribution in [1.29, 1.82) is 0 Å². The molecule has 4 aromatic rings. The molecule has 2 aliphatic rings. The number of aliphatic hydroxyl groups excluding tert-OH is 1. The minimum absolute atomic E-state index is 0.0430. The third-order valence-electron chi connectivity index (χ3n) is 9.80. The molecule has 2 aromatic carbocycles. The molecule has 0 spiro atoms. The zero-order valence-electron chi connectivity index (χ0n) is 24.0. The molecule has 0 bridgehead atoms. The first-order chi connectivity index (χ1) is 19.5. The van der Waals surface area contributed by atoms with Crippen LogP contribution in [0.5, 0.6) is 0 Å². The van der Waals surface area contributed by atoms with E-state index in [0.717, 1.165) is 62.0 Å². The number of rotatable bonds is 8. The lowest BCUT2D eigenvalue weighted by Crippen LogP contribution is -2.42. The van der Waals surface area contributed by atoms with E-state index in [1.807, 2.05) is 30.3 Å². The molecule has 2 heterocycles. The Morgan fingerprint density at radius 2 is 1.62 bits per heavy atom. The van der Waals surface area contributed by atoms with Gasteiger partial charge in [0.1, 0.15) is 5.65 Å². The lowest BCUT2D eigenvalue weighted by molar-refractivity contribution is -0.130. The Morgan fingerprint density at radius 1 is 0.950 bits per heavy atom. The van der Waals surface area contributed by atoms with Crippen molar-refractivity contribution in [2.24, 2.45) is 23.7 Å². The van der Waals surface area contributed by atoms with E-state index in [9.17, 15) is 9.90 Å². The van der Waals surface area contributed by atoms with Crippen LogP contribution in [0.4, 0.5) is 0 Å². The molecule has 2 fully saturated rings. The van der Waals surface area contributed by atoms with Crippen molar-refractivity contribution in [3.8, 4) is 0 Å². The molecule has 0 saturated heterocycles. The second kappa shape index (κ2) is 11.7. The van der Waals surface area contributed by atoms with E-state index in [1.54, 1.807) is 0 Å². The molecule has 0 radical (unpaired) electrons. The molecule has 2 saturated carbocycles. The number of hydrogen-bond acceptors (Lipinski definition) is 3. The molecule has 1 unspecified atom stereocenters. The number of hydrogen-bond donors (Lipinski definition) is 2. The van der Waals surface area contributed by atoms with Crippen molar-refractivity contribution in [3.05, 3.63) is 77.5 Å². The van der Waals surface area contributed by atoms with Crippen LogP contribution in [0.25, 0.3) is 21.9 Å². The van der Waals surface area contributed by atoms with Gasteiger partial charge in [0, 0.05) is 28.9 Å². The maximum Gasteiger partial charge on any atom is 0.224 e. The SMILES string of the molecule is Cc1cc(C)c2c3ccccc3n(CC3CCC([C@@H](C(=O)NC(CO)c4ccccc4)C4CCCC4)CC3)c2n1. The van der Waals surface area contributed by atoms with Crippen molar-refractivity contribution in [2.75, 3.05) is 6.61 Å². The van der Waals surface area contributed by atoms with Gasteiger partial charge in [-0.05, 0) is 93.4 Å². The predicted octanol–water partition coefficient (Wildman–Crippen LogP) is 7.27. The first-order valence-electron chi connectivity index (χ1n) is 15.3. The Kier molecular flexibility index (Phi) is 7.93. The summed E-state index contributed by atoms with van der Waals surface area (Å²) in [6.07, 6.45) is 9.23. The highest BCUT2D eigenvalue weighted by molar-refractivity contribution is 6.08. The molecule has 5 nitrogen and oxygen atoms in total. The van der Waals surface area contributed by atoms with Gasteiger partial charge in [-0.15, -0.1) is 0 Å². The molecular weight excluding hydrogens is 494 g/mol. The van der Waals surface area contributed by atoms with Gasteiger partial charge in [0.15, 0.2) is 0 Å². The van der Waals surface area contributed by atoms with Crippen LogP contribution in [0.3, 0.4) is 0 Å². The monoisotopic (exact) mass is 537 g/mol. The molecule has 1 amide bonds. The van der Waals surface area contributed by atoms with Crippen LogP contribution in [0.15, 0.2) is 60.7 Å². The maximum absolute atomic E-state index is 13.8. The van der Waals surface area contributed by atoms with Crippen molar-refractivity contribution in [1.82, 2.24) is 14.9 Å². The van der Waals surface area contributed by atoms with Crippen molar-refractivity contribution >= 4 is 27.8 Å². The Labute approximate surface area is 238 Å². The fraction of sp³-hybridized carbons (Fsp3) is 0.486. The van der Waals surface area contributed by atoms with Crippen LogP contribution in [0.2, 0.25) is 0 Å². The number of aliphatic hydroxyl groups is 1. The lowest BCUT2D eigenvalue weighted by Gasteiger charge is -2.37. The third kappa shape index (κ3) is 5.28. The summed E-state index contributed by atoms with van der Waals surface area (Å²) in [5.41, 5.74) is 5.72. The number of amides is 1. The highest BCUT2D eigenvalue weighted by Crippen LogP contribution is 2.43. The molecule has 5 heteroatoms. The summed E-state index contributed by atoms with van der Waals surface area (Å²) in [5, 5.41) is 15.9. The molecule has 210 valence electrons. The lowest BCUT2D eigenvalue weighted by atomic mass is 9.70. The molecular formula is C35H43N3O2. The minimum atomic E-state index is -0.344. The Morgan fingerprint density at radius 3 is 2.35 bits per heavy atom. The van der Waals surface area contributed by atoms with Gasteiger partial charge in [0.2, 0.25) is 5.91 Å². The van der Waals surface area contributed by atoms with Gasteiger partial charge >= 0.3 is 0 Å². The minimum Gasteiger partial charge on any atom is -0.394 e. The summed E-state index contributed by atoms with van der Waals surface area (Å²) >= 11 is 0. The fourth-order valence-corrected chi connectivity index (χ4v) is 7.87. The predicted molar refractivity (Wildman–Crippen MR) is 162 cm³/mol. The number of carbonyl (C=O) groups excluding carboxylic acids is 1. The van der Waals surface area contributed by atoms with Gasteiger partial charge in [-0.1, -0.05) is 61.4 Å². The van der Waals surface area contributed by atoms with Crippen LogP contribution >= 0.6 is 0 Å². The van der Waals surface area contributed by atoms with E-state index in [-0.39, 0.29) is 24.5 Å². The van der Waals surface area contributed by atoms with Gasteiger partial charge in [-0.25, -0.2) is 4.98 Å². The molecule has 6 rings (SSSR count). The Bertz CT molecular complexity index is 1460. The molecule has 0 aliphatic heterocycles. The maximum atomic E-state index is 13.8. The molecule has 2 aliphatic carbocycles. The summed E-state index contributed by atoms with van der Waals surface area (Å²) in [7, 11) is 0. The van der Waals surface area contributed by atoms with Crippen LogP contribution < -0.4 is 5.32 Å². The van der Waals surface area contributed by atoms with Gasteiger partial charge < -0.3 is 15.0 Å². The van der Waals surface area contributed by atoms with E-state index in [0.29, 0.717) is 17.8 Å². The molecule has 40 heavy (non-hydrogen) atoms. The standard InChI is InChI=1S/C35H43N3O2/c1-23-20-24(2)36-34-32(23)29-14-8-9-15-31(29)38(34)21-25-16-18-28(19-17-25)33(27-12-6-7-13-27)35(40)37-30(22-39)26-10-4-3-5-11-26/h3-5,8-11,14-15,20,25,27-28,30,33,39H,6-7,12-13,16-19,21-22H2,1-2H3,(H,37,40)/t25?,28?,30?,33-/m0/s1. The smallest absolute Gasteiger partial charge is 0.224 e. The van der Waals surface area contributed by atoms with E-state index in [4.69, 9.17) is 4.98 Å². The number of aromatic nitrogens is 2. The molecule has 2 N–H and O–H groups in total. The number of nitrogens with zero attached hydrogens (tertiary/aromatic N) is 2. The van der Waals surface area contributed by atoms with Crippen molar-refractivity contribution in [3.63, 3.8) is 0 Å². The van der Waals surface area contributed by atoms with Gasteiger partial charge in [0.05, 0.1) is 18.2 Å². The van der Waals surface area contributed by atoms with Crippen LogP contribution in [0, 0.1) is 37.5 Å². The normalized spacial score (nSPS) is 21.6. The fourth-order valence-electron chi connectivity index (χ4n) is 7.87. The number of pyridine rings is 1. The highest BCUT2D eigenvalue weighted by atomic mass is 16.3. The van der Waals surface area contributed by atoms with E-state index < -0.39 is 0 Å². The first kappa shape index (κ1) is 27.0.